The second-order valence-corrected chi connectivity index (χ2v) is 5.81. The lowest BCUT2D eigenvalue weighted by molar-refractivity contribution is 0.412. The van der Waals surface area contributed by atoms with Crippen molar-refractivity contribution in [2.24, 2.45) is 0 Å². The number of nitrogens with one attached hydrogen (secondary N) is 1. The summed E-state index contributed by atoms with van der Waals surface area (Å²) in [5.41, 5.74) is 2.09. The van der Waals surface area contributed by atoms with Crippen LogP contribution in [0.1, 0.15) is 38.4 Å². The van der Waals surface area contributed by atoms with Gasteiger partial charge in [-0.25, -0.2) is 0 Å². The second-order valence-electron chi connectivity index (χ2n) is 4.96. The minimum atomic E-state index is 0.494. The van der Waals surface area contributed by atoms with Gasteiger partial charge in [0, 0.05) is 11.9 Å². The molecule has 0 aliphatic carbocycles. The first-order chi connectivity index (χ1) is 10.2. The van der Waals surface area contributed by atoms with E-state index in [-0.39, 0.29) is 0 Å². The maximum Gasteiger partial charge on any atom is 0.133 e. The van der Waals surface area contributed by atoms with Gasteiger partial charge >= 0.3 is 0 Å². The normalized spacial score (nSPS) is 10.9. The third kappa shape index (κ3) is 4.00. The van der Waals surface area contributed by atoms with Gasteiger partial charge in [0.25, 0.3) is 0 Å². The van der Waals surface area contributed by atoms with Crippen LogP contribution in [0.15, 0.2) is 34.9 Å². The van der Waals surface area contributed by atoms with Crippen LogP contribution in [0.2, 0.25) is 0 Å². The number of benzene rings is 1. The van der Waals surface area contributed by atoms with Crippen molar-refractivity contribution < 1.29 is 4.74 Å². The van der Waals surface area contributed by atoms with Crippen molar-refractivity contribution in [3.05, 3.63) is 40.6 Å². The average Bonchev–Trinajstić information content (AvgIpc) is 2.95. The van der Waals surface area contributed by atoms with Crippen molar-refractivity contribution in [1.82, 2.24) is 9.78 Å². The number of rotatable bonds is 7. The largest absolute Gasteiger partial charge is 0.496 e. The van der Waals surface area contributed by atoms with Gasteiger partial charge < -0.3 is 10.1 Å². The predicted molar refractivity (Wildman–Crippen MR) is 89.9 cm³/mol. The molecule has 0 aliphatic rings. The summed E-state index contributed by atoms with van der Waals surface area (Å²) in [4.78, 5) is 0. The fourth-order valence-corrected chi connectivity index (χ4v) is 2.85. The molecule has 2 rings (SSSR count). The van der Waals surface area contributed by atoms with Crippen LogP contribution in [-0.2, 0) is 6.54 Å². The molecule has 0 aliphatic heterocycles. The lowest BCUT2D eigenvalue weighted by atomic mass is 10.2. The van der Waals surface area contributed by atoms with Crippen LogP contribution in [0, 0.1) is 0 Å². The van der Waals surface area contributed by atoms with Crippen molar-refractivity contribution in [1.29, 1.82) is 0 Å². The quantitative estimate of drug-likeness (QED) is 0.790. The zero-order chi connectivity index (χ0) is 15.2. The molecule has 0 spiro atoms. The van der Waals surface area contributed by atoms with Gasteiger partial charge in [-0.2, -0.15) is 5.10 Å². The van der Waals surface area contributed by atoms with E-state index in [2.05, 4.69) is 57.1 Å². The molecule has 0 amide bonds. The number of aromatic nitrogens is 2. The van der Waals surface area contributed by atoms with Crippen LogP contribution in [0.5, 0.6) is 5.75 Å². The molecule has 2 aromatic rings. The fraction of sp³-hybridized carbons (Fsp3) is 0.438. The van der Waals surface area contributed by atoms with Crippen molar-refractivity contribution in [2.75, 3.05) is 12.4 Å². The molecule has 0 fully saturated rings. The van der Waals surface area contributed by atoms with Crippen molar-refractivity contribution >= 4 is 21.6 Å². The van der Waals surface area contributed by atoms with Crippen molar-refractivity contribution in [2.45, 2.75) is 39.3 Å². The minimum Gasteiger partial charge on any atom is -0.496 e. The number of hydrogen-bond donors (Lipinski definition) is 1. The summed E-state index contributed by atoms with van der Waals surface area (Å²) in [5.74, 6) is 0.832. The van der Waals surface area contributed by atoms with Crippen LogP contribution in [0.4, 0.5) is 5.69 Å². The average molecular weight is 352 g/mol. The highest BCUT2D eigenvalue weighted by atomic mass is 79.9. The van der Waals surface area contributed by atoms with Crippen LogP contribution < -0.4 is 10.1 Å². The molecule has 1 N–H and O–H groups in total. The Bertz CT molecular complexity index is 579. The molecule has 0 saturated carbocycles. The van der Waals surface area contributed by atoms with Gasteiger partial charge in [-0.05, 0) is 53.0 Å². The Morgan fingerprint density at radius 3 is 2.67 bits per heavy atom. The van der Waals surface area contributed by atoms with E-state index in [1.54, 1.807) is 7.11 Å². The third-order valence-electron chi connectivity index (χ3n) is 3.61. The van der Waals surface area contributed by atoms with E-state index in [4.69, 9.17) is 4.74 Å². The number of nitrogens with zero attached hydrogens (tertiary/aromatic N) is 2. The first-order valence-corrected chi connectivity index (χ1v) is 8.08. The molecule has 0 unspecified atom stereocenters. The SMILES string of the molecule is CCC(CC)n1ccc(CNc2ccc(OC)c(Br)c2)n1. The van der Waals surface area contributed by atoms with Gasteiger partial charge in [0.05, 0.1) is 29.9 Å². The van der Waals surface area contributed by atoms with E-state index in [9.17, 15) is 0 Å². The molecular weight excluding hydrogens is 330 g/mol. The number of ether oxygens (including phenoxy) is 1. The maximum absolute atomic E-state index is 5.23. The Hall–Kier alpha value is -1.49. The Labute approximate surface area is 134 Å². The highest BCUT2D eigenvalue weighted by Crippen LogP contribution is 2.27. The molecule has 1 aromatic heterocycles. The molecular formula is C16H22BrN3O. The minimum absolute atomic E-state index is 0.494. The maximum atomic E-state index is 5.23. The van der Waals surface area contributed by atoms with Gasteiger partial charge in [-0.1, -0.05) is 13.8 Å². The van der Waals surface area contributed by atoms with Gasteiger partial charge in [0.15, 0.2) is 0 Å². The van der Waals surface area contributed by atoms with Crippen LogP contribution >= 0.6 is 15.9 Å². The van der Waals surface area contributed by atoms with E-state index in [1.165, 1.54) is 0 Å². The Morgan fingerprint density at radius 1 is 1.29 bits per heavy atom. The van der Waals surface area contributed by atoms with Gasteiger partial charge in [0.2, 0.25) is 0 Å². The summed E-state index contributed by atoms with van der Waals surface area (Å²) < 4.78 is 8.24. The van der Waals surface area contributed by atoms with Crippen molar-refractivity contribution in [3.63, 3.8) is 0 Å². The zero-order valence-electron chi connectivity index (χ0n) is 12.8. The molecule has 4 nitrogen and oxygen atoms in total. The topological polar surface area (TPSA) is 39.1 Å². The van der Waals surface area contributed by atoms with Crippen molar-refractivity contribution in [3.8, 4) is 5.75 Å². The summed E-state index contributed by atoms with van der Waals surface area (Å²) in [5, 5.41) is 8.02. The van der Waals surface area contributed by atoms with Gasteiger partial charge in [-0.3, -0.25) is 4.68 Å². The predicted octanol–water partition coefficient (Wildman–Crippen LogP) is 4.63. The summed E-state index contributed by atoms with van der Waals surface area (Å²) in [7, 11) is 1.66. The second kappa shape index (κ2) is 7.50. The molecule has 0 radical (unpaired) electrons. The number of hydrogen-bond acceptors (Lipinski definition) is 3. The lowest BCUT2D eigenvalue weighted by Crippen LogP contribution is -2.09. The van der Waals surface area contributed by atoms with Gasteiger partial charge in [0.1, 0.15) is 5.75 Å². The van der Waals surface area contributed by atoms with Crippen LogP contribution in [0.3, 0.4) is 0 Å². The summed E-state index contributed by atoms with van der Waals surface area (Å²) in [6, 6.07) is 8.52. The fourth-order valence-electron chi connectivity index (χ4n) is 2.31. The molecule has 0 atom stereocenters. The molecule has 0 bridgehead atoms. The van der Waals surface area contributed by atoms with Gasteiger partial charge in [-0.15, -0.1) is 0 Å². The smallest absolute Gasteiger partial charge is 0.133 e. The Balaban J connectivity index is 1.98. The van der Waals surface area contributed by atoms with E-state index < -0.39 is 0 Å². The Morgan fingerprint density at radius 2 is 2.05 bits per heavy atom. The first kappa shape index (κ1) is 15.9. The molecule has 114 valence electrons. The lowest BCUT2D eigenvalue weighted by Gasteiger charge is -2.12. The third-order valence-corrected chi connectivity index (χ3v) is 4.23. The molecule has 1 heterocycles. The first-order valence-electron chi connectivity index (χ1n) is 7.29. The summed E-state index contributed by atoms with van der Waals surface area (Å²) >= 11 is 3.49. The molecule has 0 saturated heterocycles. The summed E-state index contributed by atoms with van der Waals surface area (Å²) in [6.45, 7) is 5.11. The standard InChI is InChI=1S/C16H22BrN3O/c1-4-14(5-2)20-9-8-13(19-20)11-18-12-6-7-16(21-3)15(17)10-12/h6-10,14,18H,4-5,11H2,1-3H3. The van der Waals surface area contributed by atoms with E-state index in [0.29, 0.717) is 12.6 Å². The van der Waals surface area contributed by atoms with E-state index in [1.807, 2.05) is 18.2 Å². The molecule has 5 heteroatoms. The van der Waals surface area contributed by atoms with E-state index >= 15 is 0 Å². The zero-order valence-corrected chi connectivity index (χ0v) is 14.4. The number of methoxy groups -OCH3 is 1. The highest BCUT2D eigenvalue weighted by Gasteiger charge is 2.08. The monoisotopic (exact) mass is 351 g/mol. The summed E-state index contributed by atoms with van der Waals surface area (Å²) in [6.07, 6.45) is 4.28. The van der Waals surface area contributed by atoms with E-state index in [0.717, 1.165) is 34.4 Å². The number of anilines is 1. The Kier molecular flexibility index (Phi) is 5.67. The number of halogens is 1. The highest BCUT2D eigenvalue weighted by molar-refractivity contribution is 9.10. The van der Waals surface area contributed by atoms with Crippen LogP contribution in [0.25, 0.3) is 0 Å². The molecule has 1 aromatic carbocycles. The molecule has 21 heavy (non-hydrogen) atoms. The van der Waals surface area contributed by atoms with Crippen LogP contribution in [-0.4, -0.2) is 16.9 Å².